The Morgan fingerprint density at radius 1 is 0.781 bits per heavy atom. The van der Waals surface area contributed by atoms with Crippen molar-refractivity contribution in [3.8, 4) is 0 Å². The highest BCUT2D eigenvalue weighted by molar-refractivity contribution is 6.86. The predicted octanol–water partition coefficient (Wildman–Crippen LogP) is 2.95. The molecule has 0 radical (unpaired) electrons. The van der Waals surface area contributed by atoms with Gasteiger partial charge in [0.05, 0.1) is 23.7 Å². The average molecular weight is 481 g/mol. The van der Waals surface area contributed by atoms with Crippen molar-refractivity contribution in [3.05, 3.63) is 0 Å². The fourth-order valence-corrected chi connectivity index (χ4v) is 19.9. The first-order valence-corrected chi connectivity index (χ1v) is 17.7. The molecule has 10 atom stereocenters. The van der Waals surface area contributed by atoms with Crippen molar-refractivity contribution in [3.63, 3.8) is 0 Å². The summed E-state index contributed by atoms with van der Waals surface area (Å²) < 4.78 is 12.0. The minimum atomic E-state index is -2.35. The molecule has 176 valence electrons. The third-order valence-corrected chi connectivity index (χ3v) is 18.7. The molecular formula is C22H32O8Si2. The quantitative estimate of drug-likeness (QED) is 0.337. The summed E-state index contributed by atoms with van der Waals surface area (Å²) in [5.74, 6) is -4.82. The second kappa shape index (κ2) is 6.99. The smallest absolute Gasteiger partial charge is 0.317 e. The molecular weight excluding hydrogens is 448 g/mol. The van der Waals surface area contributed by atoms with E-state index in [2.05, 4.69) is 26.2 Å². The summed E-state index contributed by atoms with van der Waals surface area (Å²) in [7, 11) is -4.62. The molecule has 0 amide bonds. The molecule has 10 heteroatoms. The minimum absolute atomic E-state index is 0.0914. The average Bonchev–Trinajstić information content (AvgIpc) is 3.44. The first-order chi connectivity index (χ1) is 14.8. The van der Waals surface area contributed by atoms with Crippen molar-refractivity contribution < 1.29 is 38.2 Å². The lowest BCUT2D eigenvalue weighted by Gasteiger charge is -2.47. The van der Waals surface area contributed by atoms with Gasteiger partial charge in [-0.3, -0.25) is 19.2 Å². The van der Waals surface area contributed by atoms with Crippen LogP contribution >= 0.6 is 0 Å². The SMILES string of the molecule is C[Si](C)(O[Si](C)(C)C1CC2CC1C1C(=O)OC(=O)C21)C1CC2CC1C(C(=O)O)C2C(=O)O. The fourth-order valence-electron chi connectivity index (χ4n) is 8.74. The largest absolute Gasteiger partial charge is 0.481 e. The van der Waals surface area contributed by atoms with E-state index < -0.39 is 40.4 Å². The first-order valence-electron chi connectivity index (χ1n) is 11.7. The van der Waals surface area contributed by atoms with Crippen LogP contribution in [0.3, 0.4) is 0 Å². The number of hydrogen-bond donors (Lipinski definition) is 2. The highest BCUT2D eigenvalue weighted by atomic mass is 28.4. The summed E-state index contributed by atoms with van der Waals surface area (Å²) in [4.78, 5) is 48.1. The van der Waals surface area contributed by atoms with Gasteiger partial charge in [-0.2, -0.15) is 0 Å². The van der Waals surface area contributed by atoms with Gasteiger partial charge in [0.15, 0.2) is 16.6 Å². The van der Waals surface area contributed by atoms with E-state index in [1.165, 1.54) is 0 Å². The predicted molar refractivity (Wildman–Crippen MR) is 116 cm³/mol. The van der Waals surface area contributed by atoms with Gasteiger partial charge < -0.3 is 19.1 Å². The van der Waals surface area contributed by atoms with Crippen LogP contribution in [0.2, 0.25) is 37.3 Å². The van der Waals surface area contributed by atoms with Gasteiger partial charge in [0, 0.05) is 0 Å². The molecule has 0 aromatic rings. The number of hydrogen-bond acceptors (Lipinski definition) is 6. The summed E-state index contributed by atoms with van der Waals surface area (Å²) in [5.41, 5.74) is 0.403. The normalized spacial score (nSPS) is 44.8. The third-order valence-electron chi connectivity index (χ3n) is 9.64. The number of fused-ring (bicyclic) bond motifs is 7. The van der Waals surface area contributed by atoms with Gasteiger partial charge >= 0.3 is 23.9 Å². The second-order valence-electron chi connectivity index (χ2n) is 11.8. The van der Waals surface area contributed by atoms with Gasteiger partial charge in [0.1, 0.15) is 0 Å². The Kier molecular flexibility index (Phi) is 4.86. The molecule has 5 rings (SSSR count). The van der Waals surface area contributed by atoms with Gasteiger partial charge in [-0.1, -0.05) is 0 Å². The van der Waals surface area contributed by atoms with Crippen LogP contribution in [0, 0.1) is 47.3 Å². The van der Waals surface area contributed by atoms with Crippen LogP contribution in [0.1, 0.15) is 25.7 Å². The topological polar surface area (TPSA) is 127 Å². The molecule has 4 saturated carbocycles. The zero-order valence-electron chi connectivity index (χ0n) is 18.9. The molecule has 5 fully saturated rings. The van der Waals surface area contributed by atoms with E-state index in [0.717, 1.165) is 19.3 Å². The Labute approximate surface area is 189 Å². The number of esters is 2. The zero-order valence-corrected chi connectivity index (χ0v) is 20.9. The molecule has 1 saturated heterocycles. The Morgan fingerprint density at radius 2 is 1.28 bits per heavy atom. The Morgan fingerprint density at radius 3 is 1.88 bits per heavy atom. The summed E-state index contributed by atoms with van der Waals surface area (Å²) in [5, 5.41) is 19.4. The molecule has 8 nitrogen and oxygen atoms in total. The maximum atomic E-state index is 12.3. The van der Waals surface area contributed by atoms with Crippen molar-refractivity contribution in [2.45, 2.75) is 63.0 Å². The molecule has 32 heavy (non-hydrogen) atoms. The van der Waals surface area contributed by atoms with E-state index in [-0.39, 0.29) is 58.5 Å². The number of rotatable bonds is 6. The number of carbonyl (C=O) groups is 4. The van der Waals surface area contributed by atoms with Crippen molar-refractivity contribution in [1.82, 2.24) is 0 Å². The number of ether oxygens (including phenoxy) is 1. The van der Waals surface area contributed by atoms with Crippen molar-refractivity contribution >= 4 is 40.5 Å². The zero-order chi connectivity index (χ0) is 23.3. The lowest BCUT2D eigenvalue weighted by Crippen LogP contribution is -2.54. The fraction of sp³-hybridized carbons (Fsp3) is 0.818. The molecule has 4 aliphatic carbocycles. The number of carboxylic acid groups (broad SMARTS) is 2. The molecule has 1 heterocycles. The van der Waals surface area contributed by atoms with E-state index in [1.54, 1.807) is 0 Å². The van der Waals surface area contributed by atoms with Gasteiger partial charge in [0.25, 0.3) is 0 Å². The molecule has 0 aromatic heterocycles. The molecule has 10 unspecified atom stereocenters. The van der Waals surface area contributed by atoms with Crippen molar-refractivity contribution in [2.75, 3.05) is 0 Å². The number of carbonyl (C=O) groups excluding carboxylic acids is 2. The van der Waals surface area contributed by atoms with Crippen LogP contribution < -0.4 is 0 Å². The van der Waals surface area contributed by atoms with Gasteiger partial charge in [-0.25, -0.2) is 0 Å². The molecule has 2 N–H and O–H groups in total. The number of cyclic esters (lactones) is 2. The standard InChI is InChI=1S/C22H32O8Si2/c1-31(2,13-7-9-5-11(13)17(20(25)26)15(9)19(23)24)30-32(3,4)14-8-10-6-12(14)18-16(10)21(27)29-22(18)28/h9-18H,5-8H2,1-4H3,(H,23,24)(H,25,26). The van der Waals surface area contributed by atoms with E-state index >= 15 is 0 Å². The molecule has 0 aromatic carbocycles. The lowest BCUT2D eigenvalue weighted by atomic mass is 9.79. The van der Waals surface area contributed by atoms with Crippen LogP contribution in [0.25, 0.3) is 0 Å². The third kappa shape index (κ3) is 3.01. The Balaban J connectivity index is 1.34. The maximum Gasteiger partial charge on any atom is 0.317 e. The highest BCUT2D eigenvalue weighted by Crippen LogP contribution is 2.65. The van der Waals surface area contributed by atoms with Crippen LogP contribution in [0.4, 0.5) is 0 Å². The van der Waals surface area contributed by atoms with Crippen LogP contribution in [0.5, 0.6) is 0 Å². The summed E-state index contributed by atoms with van der Waals surface area (Å²) in [6, 6.07) is 0. The van der Waals surface area contributed by atoms with E-state index in [4.69, 9.17) is 8.85 Å². The highest BCUT2D eigenvalue weighted by Gasteiger charge is 2.67. The maximum absolute atomic E-state index is 12.3. The Hall–Kier alpha value is -1.53. The van der Waals surface area contributed by atoms with Crippen LogP contribution in [0.15, 0.2) is 0 Å². The van der Waals surface area contributed by atoms with Crippen molar-refractivity contribution in [1.29, 1.82) is 0 Å². The van der Waals surface area contributed by atoms with Gasteiger partial charge in [-0.15, -0.1) is 0 Å². The summed E-state index contributed by atoms with van der Waals surface area (Å²) >= 11 is 0. The monoisotopic (exact) mass is 480 g/mol. The molecule has 1 aliphatic heterocycles. The minimum Gasteiger partial charge on any atom is -0.481 e. The first kappa shape index (κ1) is 22.3. The molecule has 5 aliphatic rings. The number of aliphatic carboxylic acids is 2. The number of carboxylic acids is 2. The summed E-state index contributed by atoms with van der Waals surface area (Å²) in [6.45, 7) is 8.72. The second-order valence-corrected chi connectivity index (χ2v) is 20.5. The summed E-state index contributed by atoms with van der Waals surface area (Å²) in [6.07, 6.45) is 3.18. The van der Waals surface area contributed by atoms with E-state index in [0.29, 0.717) is 6.42 Å². The van der Waals surface area contributed by atoms with Crippen molar-refractivity contribution in [2.24, 2.45) is 47.3 Å². The van der Waals surface area contributed by atoms with E-state index in [1.807, 2.05) is 0 Å². The van der Waals surface area contributed by atoms with Crippen LogP contribution in [-0.4, -0.2) is 50.7 Å². The van der Waals surface area contributed by atoms with Gasteiger partial charge in [-0.05, 0) is 86.6 Å². The Bertz CT molecular complexity index is 900. The molecule has 4 bridgehead atoms. The van der Waals surface area contributed by atoms with E-state index in [9.17, 15) is 29.4 Å². The lowest BCUT2D eigenvalue weighted by molar-refractivity contribution is -0.156. The van der Waals surface area contributed by atoms with Gasteiger partial charge in [0.2, 0.25) is 0 Å². The van der Waals surface area contributed by atoms with Crippen LogP contribution in [-0.2, 0) is 28.0 Å². The molecule has 0 spiro atoms.